The number of nitrogens with zero attached hydrogens (tertiary/aromatic N) is 2. The number of fused-ring (bicyclic) bond motifs is 1. The van der Waals surface area contributed by atoms with Crippen LogP contribution < -0.4 is 10.6 Å². The Balaban J connectivity index is 1.81. The monoisotopic (exact) mass is 296 g/mol. The zero-order chi connectivity index (χ0) is 14.3. The number of piperazine rings is 1. The first-order chi connectivity index (χ1) is 9.43. The van der Waals surface area contributed by atoms with E-state index in [4.69, 9.17) is 0 Å². The molecule has 0 radical (unpaired) electrons. The molecule has 20 heavy (non-hydrogen) atoms. The van der Waals surface area contributed by atoms with E-state index in [2.05, 4.69) is 14.9 Å². The highest BCUT2D eigenvalue weighted by atomic mass is 32.2. The maximum atomic E-state index is 11.5. The molecule has 1 saturated heterocycles. The molecule has 0 atom stereocenters. The van der Waals surface area contributed by atoms with Crippen LogP contribution in [-0.2, 0) is 10.0 Å². The number of hydrogen-bond donors (Lipinski definition) is 2. The Kier molecular flexibility index (Phi) is 3.06. The van der Waals surface area contributed by atoms with Gasteiger partial charge in [0.05, 0.1) is 17.3 Å². The lowest BCUT2D eigenvalue weighted by molar-refractivity contribution is 0.388. The van der Waals surface area contributed by atoms with Gasteiger partial charge in [-0.05, 0) is 18.2 Å². The minimum Gasteiger partial charge on any atom is -0.369 e. The first-order valence-electron chi connectivity index (χ1n) is 6.35. The van der Waals surface area contributed by atoms with Crippen molar-refractivity contribution in [3.63, 3.8) is 0 Å². The summed E-state index contributed by atoms with van der Waals surface area (Å²) in [6.07, 6.45) is 1.24. The second-order valence-corrected chi connectivity index (χ2v) is 6.94. The van der Waals surface area contributed by atoms with Crippen molar-refractivity contribution < 1.29 is 8.42 Å². The fourth-order valence-electron chi connectivity index (χ4n) is 2.50. The fourth-order valence-corrected chi connectivity index (χ4v) is 3.32. The number of anilines is 1. The SMILES string of the molecule is CS(=O)(=O)N1CCN(c2ccc3[nH]c(=O)[nH]c3c2)CC1. The van der Waals surface area contributed by atoms with Gasteiger partial charge < -0.3 is 14.9 Å². The molecular formula is C12H16N4O3S. The van der Waals surface area contributed by atoms with Gasteiger partial charge in [-0.25, -0.2) is 13.2 Å². The van der Waals surface area contributed by atoms with Crippen LogP contribution in [0.25, 0.3) is 11.0 Å². The Morgan fingerprint density at radius 2 is 1.70 bits per heavy atom. The summed E-state index contributed by atoms with van der Waals surface area (Å²) >= 11 is 0. The van der Waals surface area contributed by atoms with Crippen molar-refractivity contribution in [2.24, 2.45) is 0 Å². The molecule has 1 aromatic heterocycles. The van der Waals surface area contributed by atoms with Crippen molar-refractivity contribution >= 4 is 26.7 Å². The number of imidazole rings is 1. The lowest BCUT2D eigenvalue weighted by Crippen LogP contribution is -2.48. The summed E-state index contributed by atoms with van der Waals surface area (Å²) in [6.45, 7) is 2.27. The number of benzene rings is 1. The summed E-state index contributed by atoms with van der Waals surface area (Å²) in [5.74, 6) is 0. The number of aromatic amines is 2. The van der Waals surface area contributed by atoms with Gasteiger partial charge in [0.15, 0.2) is 0 Å². The smallest absolute Gasteiger partial charge is 0.323 e. The summed E-state index contributed by atoms with van der Waals surface area (Å²) < 4.78 is 24.4. The van der Waals surface area contributed by atoms with Crippen molar-refractivity contribution in [1.29, 1.82) is 0 Å². The van der Waals surface area contributed by atoms with Gasteiger partial charge in [-0.15, -0.1) is 0 Å². The van der Waals surface area contributed by atoms with Crippen LogP contribution in [0.5, 0.6) is 0 Å². The highest BCUT2D eigenvalue weighted by molar-refractivity contribution is 7.88. The lowest BCUT2D eigenvalue weighted by atomic mass is 10.2. The van der Waals surface area contributed by atoms with Crippen LogP contribution in [0.15, 0.2) is 23.0 Å². The van der Waals surface area contributed by atoms with Crippen molar-refractivity contribution in [3.05, 3.63) is 28.7 Å². The van der Waals surface area contributed by atoms with Crippen LogP contribution in [0.3, 0.4) is 0 Å². The highest BCUT2D eigenvalue weighted by Gasteiger charge is 2.23. The molecule has 0 amide bonds. The molecule has 0 saturated carbocycles. The van der Waals surface area contributed by atoms with E-state index < -0.39 is 10.0 Å². The van der Waals surface area contributed by atoms with Gasteiger partial charge in [-0.3, -0.25) is 0 Å². The topological polar surface area (TPSA) is 89.3 Å². The standard InChI is InChI=1S/C12H16N4O3S/c1-20(18,19)16-6-4-15(5-7-16)9-2-3-10-11(8-9)14-12(17)13-10/h2-3,8H,4-7H2,1H3,(H2,13,14,17). The maximum Gasteiger partial charge on any atom is 0.323 e. The summed E-state index contributed by atoms with van der Waals surface area (Å²) in [6, 6.07) is 5.69. The van der Waals surface area contributed by atoms with Gasteiger partial charge in [-0.1, -0.05) is 0 Å². The number of sulfonamides is 1. The van der Waals surface area contributed by atoms with E-state index in [1.54, 1.807) is 0 Å². The zero-order valence-corrected chi connectivity index (χ0v) is 11.9. The zero-order valence-electron chi connectivity index (χ0n) is 11.1. The molecule has 8 heteroatoms. The van der Waals surface area contributed by atoms with Crippen LogP contribution in [-0.4, -0.2) is 55.1 Å². The fraction of sp³-hybridized carbons (Fsp3) is 0.417. The molecule has 2 aromatic rings. The third-order valence-corrected chi connectivity index (χ3v) is 4.88. The molecule has 7 nitrogen and oxygen atoms in total. The molecule has 0 aliphatic carbocycles. The summed E-state index contributed by atoms with van der Waals surface area (Å²) in [4.78, 5) is 18.8. The Labute approximate surface area is 116 Å². The van der Waals surface area contributed by atoms with Gasteiger partial charge in [0.25, 0.3) is 0 Å². The predicted molar refractivity (Wildman–Crippen MR) is 77.5 cm³/mol. The van der Waals surface area contributed by atoms with E-state index in [-0.39, 0.29) is 5.69 Å². The Hall–Kier alpha value is -1.80. The van der Waals surface area contributed by atoms with Crippen LogP contribution in [0.2, 0.25) is 0 Å². The second-order valence-electron chi connectivity index (χ2n) is 4.96. The number of nitrogens with one attached hydrogen (secondary N) is 2. The van der Waals surface area contributed by atoms with Crippen molar-refractivity contribution in [3.8, 4) is 0 Å². The molecule has 0 bridgehead atoms. The van der Waals surface area contributed by atoms with Gasteiger partial charge in [0.2, 0.25) is 10.0 Å². The largest absolute Gasteiger partial charge is 0.369 e. The molecule has 3 rings (SSSR count). The molecule has 108 valence electrons. The van der Waals surface area contributed by atoms with Crippen LogP contribution in [0.4, 0.5) is 5.69 Å². The number of H-pyrrole nitrogens is 2. The van der Waals surface area contributed by atoms with Crippen LogP contribution >= 0.6 is 0 Å². The van der Waals surface area contributed by atoms with Crippen molar-refractivity contribution in [2.45, 2.75) is 0 Å². The normalized spacial score (nSPS) is 17.8. The second kappa shape index (κ2) is 4.64. The third-order valence-electron chi connectivity index (χ3n) is 3.57. The molecule has 2 heterocycles. The molecular weight excluding hydrogens is 280 g/mol. The summed E-state index contributed by atoms with van der Waals surface area (Å²) in [5.41, 5.74) is 2.30. The lowest BCUT2D eigenvalue weighted by Gasteiger charge is -2.34. The van der Waals surface area contributed by atoms with Crippen LogP contribution in [0.1, 0.15) is 0 Å². The first-order valence-corrected chi connectivity index (χ1v) is 8.20. The Bertz CT molecular complexity index is 784. The molecule has 1 aliphatic heterocycles. The number of rotatable bonds is 2. The van der Waals surface area contributed by atoms with Gasteiger partial charge >= 0.3 is 5.69 Å². The summed E-state index contributed by atoms with van der Waals surface area (Å²) in [7, 11) is -3.11. The maximum absolute atomic E-state index is 11.5. The van der Waals surface area contributed by atoms with E-state index in [1.165, 1.54) is 10.6 Å². The molecule has 1 fully saturated rings. The molecule has 0 unspecified atom stereocenters. The first kappa shape index (κ1) is 13.2. The van der Waals surface area contributed by atoms with E-state index in [0.29, 0.717) is 26.2 Å². The van der Waals surface area contributed by atoms with E-state index >= 15 is 0 Å². The van der Waals surface area contributed by atoms with Crippen molar-refractivity contribution in [2.75, 3.05) is 37.3 Å². The van der Waals surface area contributed by atoms with E-state index in [1.807, 2.05) is 18.2 Å². The molecule has 2 N–H and O–H groups in total. The Morgan fingerprint density at radius 1 is 1.05 bits per heavy atom. The average molecular weight is 296 g/mol. The quantitative estimate of drug-likeness (QED) is 0.812. The predicted octanol–water partition coefficient (Wildman–Crippen LogP) is -0.0622. The Morgan fingerprint density at radius 3 is 2.35 bits per heavy atom. The minimum atomic E-state index is -3.11. The molecule has 1 aliphatic rings. The molecule has 1 aromatic carbocycles. The van der Waals surface area contributed by atoms with Crippen molar-refractivity contribution in [1.82, 2.24) is 14.3 Å². The van der Waals surface area contributed by atoms with Gasteiger partial charge in [-0.2, -0.15) is 4.31 Å². The van der Waals surface area contributed by atoms with Gasteiger partial charge in [0, 0.05) is 31.9 Å². The highest BCUT2D eigenvalue weighted by Crippen LogP contribution is 2.20. The number of hydrogen-bond acceptors (Lipinski definition) is 4. The third kappa shape index (κ3) is 2.44. The van der Waals surface area contributed by atoms with Gasteiger partial charge in [0.1, 0.15) is 0 Å². The number of aromatic nitrogens is 2. The minimum absolute atomic E-state index is 0.223. The average Bonchev–Trinajstić information content (AvgIpc) is 2.77. The van der Waals surface area contributed by atoms with E-state index in [0.717, 1.165) is 16.7 Å². The summed E-state index contributed by atoms with van der Waals surface area (Å²) in [5, 5.41) is 0. The van der Waals surface area contributed by atoms with Crippen LogP contribution in [0, 0.1) is 0 Å². The molecule has 0 spiro atoms. The van der Waals surface area contributed by atoms with E-state index in [9.17, 15) is 13.2 Å².